The second-order valence-electron chi connectivity index (χ2n) is 6.28. The van der Waals surface area contributed by atoms with Gasteiger partial charge in [-0.3, -0.25) is 14.6 Å². The van der Waals surface area contributed by atoms with Crippen molar-refractivity contribution in [2.24, 2.45) is 0 Å². The van der Waals surface area contributed by atoms with Crippen LogP contribution in [-0.2, 0) is 15.8 Å². The number of alkyl halides is 3. The van der Waals surface area contributed by atoms with Gasteiger partial charge in [0.25, 0.3) is 0 Å². The monoisotopic (exact) mass is 449 g/mol. The number of rotatable bonds is 6. The smallest absolute Gasteiger partial charge is 0.417 e. The van der Waals surface area contributed by atoms with Crippen molar-refractivity contribution in [2.45, 2.75) is 12.6 Å². The minimum atomic E-state index is -4.67. The van der Waals surface area contributed by atoms with Crippen molar-refractivity contribution in [1.82, 2.24) is 4.98 Å². The average molecular weight is 450 g/mol. The van der Waals surface area contributed by atoms with Crippen LogP contribution < -0.4 is 15.4 Å². The number of ether oxygens (including phenoxy) is 1. The standard InChI is InChI=1S/C21H15ClF3N3O3/c22-18-7-6-14(10-17(18)21(23,24)25)28-20(30)11-19(29)27-13-3-1-4-15(9-13)31-16-5-2-8-26-12-16/h1-10,12H,11H2,(H,27,29)(H,28,30). The predicted octanol–water partition coefficient (Wildman–Crippen LogP) is 5.51. The molecule has 0 radical (unpaired) electrons. The maximum atomic E-state index is 12.9. The maximum absolute atomic E-state index is 12.9. The van der Waals surface area contributed by atoms with Crippen LogP contribution in [0, 0.1) is 0 Å². The molecule has 0 fully saturated rings. The molecule has 0 saturated heterocycles. The van der Waals surface area contributed by atoms with E-state index in [1.807, 2.05) is 0 Å². The Morgan fingerprint density at radius 3 is 2.26 bits per heavy atom. The number of pyridine rings is 1. The van der Waals surface area contributed by atoms with E-state index in [0.29, 0.717) is 23.3 Å². The number of nitrogens with one attached hydrogen (secondary N) is 2. The number of carbonyl (C=O) groups is 2. The summed E-state index contributed by atoms with van der Waals surface area (Å²) in [4.78, 5) is 28.1. The molecular formula is C21H15ClF3N3O3. The number of hydrogen-bond donors (Lipinski definition) is 2. The van der Waals surface area contributed by atoms with Crippen LogP contribution >= 0.6 is 11.6 Å². The Balaban J connectivity index is 1.59. The molecule has 160 valence electrons. The number of anilines is 2. The van der Waals surface area contributed by atoms with E-state index in [4.69, 9.17) is 16.3 Å². The van der Waals surface area contributed by atoms with Crippen LogP contribution in [0.1, 0.15) is 12.0 Å². The van der Waals surface area contributed by atoms with E-state index in [0.717, 1.165) is 6.07 Å². The van der Waals surface area contributed by atoms with Crippen molar-refractivity contribution in [3.8, 4) is 11.5 Å². The Bertz CT molecular complexity index is 1090. The zero-order valence-electron chi connectivity index (χ0n) is 15.7. The highest BCUT2D eigenvalue weighted by Gasteiger charge is 2.33. The van der Waals surface area contributed by atoms with Crippen LogP contribution in [0.15, 0.2) is 67.0 Å². The summed E-state index contributed by atoms with van der Waals surface area (Å²) in [6.07, 6.45) is -2.14. The molecule has 2 aromatic carbocycles. The molecule has 0 atom stereocenters. The van der Waals surface area contributed by atoms with Gasteiger partial charge in [0.2, 0.25) is 11.8 Å². The van der Waals surface area contributed by atoms with Gasteiger partial charge in [-0.15, -0.1) is 0 Å². The maximum Gasteiger partial charge on any atom is 0.417 e. The fraction of sp³-hybridized carbons (Fsp3) is 0.0952. The van der Waals surface area contributed by atoms with Gasteiger partial charge >= 0.3 is 6.18 Å². The van der Waals surface area contributed by atoms with Crippen LogP contribution in [0.4, 0.5) is 24.5 Å². The average Bonchev–Trinajstić information content (AvgIpc) is 2.69. The Labute approximate surface area is 180 Å². The Morgan fingerprint density at radius 1 is 0.935 bits per heavy atom. The zero-order chi connectivity index (χ0) is 22.4. The van der Waals surface area contributed by atoms with Crippen LogP contribution in [0.3, 0.4) is 0 Å². The fourth-order valence-corrected chi connectivity index (χ4v) is 2.78. The fourth-order valence-electron chi connectivity index (χ4n) is 2.56. The third kappa shape index (κ3) is 6.45. The van der Waals surface area contributed by atoms with Gasteiger partial charge in [0.15, 0.2) is 0 Å². The Kier molecular flexibility index (Phi) is 6.76. The second kappa shape index (κ2) is 9.48. The summed E-state index contributed by atoms with van der Waals surface area (Å²) in [6.45, 7) is 0. The molecule has 0 spiro atoms. The summed E-state index contributed by atoms with van der Waals surface area (Å²) >= 11 is 5.55. The van der Waals surface area contributed by atoms with Crippen molar-refractivity contribution in [3.05, 3.63) is 77.6 Å². The number of nitrogens with zero attached hydrogens (tertiary/aromatic N) is 1. The lowest BCUT2D eigenvalue weighted by molar-refractivity contribution is -0.137. The highest BCUT2D eigenvalue weighted by molar-refractivity contribution is 6.31. The molecule has 31 heavy (non-hydrogen) atoms. The van der Waals surface area contributed by atoms with Crippen LogP contribution in [0.25, 0.3) is 0 Å². The summed E-state index contributed by atoms with van der Waals surface area (Å²) in [5, 5.41) is 4.30. The molecule has 1 heterocycles. The third-order valence-electron chi connectivity index (χ3n) is 3.86. The molecule has 0 aliphatic heterocycles. The molecule has 0 bridgehead atoms. The molecule has 10 heteroatoms. The summed E-state index contributed by atoms with van der Waals surface area (Å²) in [5.41, 5.74) is -0.826. The summed E-state index contributed by atoms with van der Waals surface area (Å²) < 4.78 is 44.4. The highest BCUT2D eigenvalue weighted by Crippen LogP contribution is 2.36. The minimum Gasteiger partial charge on any atom is -0.456 e. The van der Waals surface area contributed by atoms with E-state index in [2.05, 4.69) is 15.6 Å². The van der Waals surface area contributed by atoms with E-state index in [1.165, 1.54) is 12.3 Å². The lowest BCUT2D eigenvalue weighted by Gasteiger charge is -2.12. The van der Waals surface area contributed by atoms with Gasteiger partial charge in [-0.25, -0.2) is 0 Å². The molecule has 0 aliphatic carbocycles. The molecule has 0 saturated carbocycles. The molecular weight excluding hydrogens is 435 g/mol. The second-order valence-corrected chi connectivity index (χ2v) is 6.69. The summed E-state index contributed by atoms with van der Waals surface area (Å²) in [6, 6.07) is 12.8. The van der Waals surface area contributed by atoms with Gasteiger partial charge in [-0.05, 0) is 42.5 Å². The van der Waals surface area contributed by atoms with E-state index >= 15 is 0 Å². The van der Waals surface area contributed by atoms with Gasteiger partial charge in [0, 0.05) is 23.6 Å². The van der Waals surface area contributed by atoms with E-state index in [-0.39, 0.29) is 5.69 Å². The Hall–Kier alpha value is -3.59. The quantitative estimate of drug-likeness (QED) is 0.486. The number of benzene rings is 2. The zero-order valence-corrected chi connectivity index (χ0v) is 16.5. The molecule has 6 nitrogen and oxygen atoms in total. The largest absolute Gasteiger partial charge is 0.456 e. The molecule has 0 unspecified atom stereocenters. The highest BCUT2D eigenvalue weighted by atomic mass is 35.5. The first-order valence-electron chi connectivity index (χ1n) is 8.85. The number of aromatic nitrogens is 1. The predicted molar refractivity (Wildman–Crippen MR) is 109 cm³/mol. The molecule has 3 rings (SSSR count). The van der Waals surface area contributed by atoms with E-state index in [1.54, 1.807) is 42.6 Å². The van der Waals surface area contributed by atoms with E-state index < -0.39 is 35.0 Å². The number of amides is 2. The lowest BCUT2D eigenvalue weighted by Crippen LogP contribution is -2.21. The van der Waals surface area contributed by atoms with Crippen molar-refractivity contribution in [2.75, 3.05) is 10.6 Å². The number of hydrogen-bond acceptors (Lipinski definition) is 4. The van der Waals surface area contributed by atoms with Gasteiger partial charge < -0.3 is 15.4 Å². The van der Waals surface area contributed by atoms with Crippen molar-refractivity contribution in [3.63, 3.8) is 0 Å². The SMILES string of the molecule is O=C(CC(=O)Nc1ccc(Cl)c(C(F)(F)F)c1)Nc1cccc(Oc2cccnc2)c1. The van der Waals surface area contributed by atoms with Gasteiger partial charge in [0.05, 0.1) is 16.8 Å². The minimum absolute atomic E-state index is 0.124. The van der Waals surface area contributed by atoms with Crippen LogP contribution in [0.5, 0.6) is 11.5 Å². The number of carbonyl (C=O) groups excluding carboxylic acids is 2. The third-order valence-corrected chi connectivity index (χ3v) is 4.19. The molecule has 2 amide bonds. The molecule has 3 aromatic rings. The van der Waals surface area contributed by atoms with Gasteiger partial charge in [-0.1, -0.05) is 17.7 Å². The van der Waals surface area contributed by atoms with Crippen molar-refractivity contribution >= 4 is 34.8 Å². The van der Waals surface area contributed by atoms with Gasteiger partial charge in [-0.2, -0.15) is 13.2 Å². The molecule has 2 N–H and O–H groups in total. The van der Waals surface area contributed by atoms with Crippen LogP contribution in [-0.4, -0.2) is 16.8 Å². The van der Waals surface area contributed by atoms with Gasteiger partial charge in [0.1, 0.15) is 17.9 Å². The first-order valence-corrected chi connectivity index (χ1v) is 9.23. The number of halogens is 4. The first kappa shape index (κ1) is 22.1. The van der Waals surface area contributed by atoms with Crippen LogP contribution in [0.2, 0.25) is 5.02 Å². The summed E-state index contributed by atoms with van der Waals surface area (Å²) in [7, 11) is 0. The molecule has 0 aliphatic rings. The normalized spacial score (nSPS) is 11.0. The topological polar surface area (TPSA) is 80.3 Å². The molecule has 1 aromatic heterocycles. The Morgan fingerprint density at radius 2 is 1.61 bits per heavy atom. The van der Waals surface area contributed by atoms with E-state index in [9.17, 15) is 22.8 Å². The lowest BCUT2D eigenvalue weighted by atomic mass is 10.2. The van der Waals surface area contributed by atoms with Crippen molar-refractivity contribution in [1.29, 1.82) is 0 Å². The van der Waals surface area contributed by atoms with Crippen molar-refractivity contribution < 1.29 is 27.5 Å². The first-order chi connectivity index (χ1) is 14.7. The summed E-state index contributed by atoms with van der Waals surface area (Å²) in [5.74, 6) is -0.487.